The topological polar surface area (TPSA) is 61.4 Å². The number of rotatable bonds is 9. The molecule has 0 aromatic heterocycles. The maximum Gasteiger partial charge on any atom is 0.279 e. The predicted octanol–water partition coefficient (Wildman–Crippen LogP) is 1.31. The van der Waals surface area contributed by atoms with E-state index >= 15 is 0 Å². The van der Waals surface area contributed by atoms with Crippen LogP contribution in [0.5, 0.6) is 0 Å². The highest BCUT2D eigenvalue weighted by atomic mass is 32.2. The van der Waals surface area contributed by atoms with E-state index in [1.807, 2.05) is 25.1 Å². The first kappa shape index (κ1) is 16.4. The molecule has 1 aliphatic rings. The first-order valence-corrected chi connectivity index (χ1v) is 8.98. The molecule has 1 saturated carbocycles. The lowest BCUT2D eigenvalue weighted by Gasteiger charge is -2.17. The van der Waals surface area contributed by atoms with Gasteiger partial charge >= 0.3 is 0 Å². The second kappa shape index (κ2) is 7.35. The van der Waals surface area contributed by atoms with Gasteiger partial charge in [-0.05, 0) is 31.5 Å². The summed E-state index contributed by atoms with van der Waals surface area (Å²) in [6, 6.07) is 10.1. The molecule has 2 N–H and O–H groups in total. The number of nitrogens with one attached hydrogen (secondary N) is 2. The maximum absolute atomic E-state index is 12.2. The minimum Gasteiger partial charge on any atom is -0.317 e. The van der Waals surface area contributed by atoms with Crippen LogP contribution in [0.3, 0.4) is 0 Å². The summed E-state index contributed by atoms with van der Waals surface area (Å²) in [6.45, 7) is 4.33. The zero-order valence-electron chi connectivity index (χ0n) is 12.7. The van der Waals surface area contributed by atoms with Gasteiger partial charge in [-0.1, -0.05) is 37.3 Å². The van der Waals surface area contributed by atoms with E-state index in [2.05, 4.69) is 22.2 Å². The van der Waals surface area contributed by atoms with Gasteiger partial charge in [0.25, 0.3) is 10.2 Å². The molecule has 1 aromatic carbocycles. The van der Waals surface area contributed by atoms with Crippen molar-refractivity contribution in [1.29, 1.82) is 0 Å². The van der Waals surface area contributed by atoms with Crippen LogP contribution in [-0.4, -0.2) is 45.4 Å². The third-order valence-electron chi connectivity index (χ3n) is 3.81. The summed E-state index contributed by atoms with van der Waals surface area (Å²) < 4.78 is 28.6. The van der Waals surface area contributed by atoms with Crippen molar-refractivity contribution in [1.82, 2.24) is 14.3 Å². The average molecular weight is 311 g/mol. The Bertz CT molecular complexity index is 533. The number of hydrogen-bond donors (Lipinski definition) is 2. The third-order valence-corrected chi connectivity index (χ3v) is 5.41. The molecule has 0 bridgehead atoms. The fourth-order valence-corrected chi connectivity index (χ4v) is 3.59. The van der Waals surface area contributed by atoms with Crippen LogP contribution in [0.2, 0.25) is 0 Å². The smallest absolute Gasteiger partial charge is 0.279 e. The molecule has 1 aliphatic carbocycles. The molecule has 0 aliphatic heterocycles. The maximum atomic E-state index is 12.2. The molecule has 0 radical (unpaired) electrons. The SMILES string of the molecule is CCNCCCN(C)S(=O)(=O)NC1CC1c1ccccc1. The minimum absolute atomic E-state index is 0.0358. The van der Waals surface area contributed by atoms with Crippen LogP contribution in [0, 0.1) is 0 Å². The van der Waals surface area contributed by atoms with Crippen LogP contribution in [0.1, 0.15) is 31.2 Å². The first-order chi connectivity index (χ1) is 10.0. The van der Waals surface area contributed by atoms with E-state index < -0.39 is 10.2 Å². The van der Waals surface area contributed by atoms with Crippen LogP contribution in [0.15, 0.2) is 30.3 Å². The summed E-state index contributed by atoms with van der Waals surface area (Å²) >= 11 is 0. The largest absolute Gasteiger partial charge is 0.317 e. The summed E-state index contributed by atoms with van der Waals surface area (Å²) in [5, 5.41) is 3.19. The molecular weight excluding hydrogens is 286 g/mol. The molecule has 2 unspecified atom stereocenters. The quantitative estimate of drug-likeness (QED) is 0.676. The fourth-order valence-electron chi connectivity index (χ4n) is 2.40. The van der Waals surface area contributed by atoms with E-state index in [9.17, 15) is 8.42 Å². The highest BCUT2D eigenvalue weighted by Gasteiger charge is 2.41. The van der Waals surface area contributed by atoms with Gasteiger partial charge in [-0.2, -0.15) is 17.4 Å². The van der Waals surface area contributed by atoms with Gasteiger partial charge in [0.2, 0.25) is 0 Å². The molecule has 0 heterocycles. The Morgan fingerprint density at radius 2 is 2.00 bits per heavy atom. The van der Waals surface area contributed by atoms with E-state index in [1.165, 1.54) is 9.87 Å². The lowest BCUT2D eigenvalue weighted by molar-refractivity contribution is 0.445. The van der Waals surface area contributed by atoms with Crippen molar-refractivity contribution >= 4 is 10.2 Å². The van der Waals surface area contributed by atoms with E-state index in [0.717, 1.165) is 25.9 Å². The summed E-state index contributed by atoms with van der Waals surface area (Å²) in [7, 11) is -1.74. The van der Waals surface area contributed by atoms with Gasteiger partial charge in [-0.15, -0.1) is 0 Å². The molecule has 21 heavy (non-hydrogen) atoms. The van der Waals surface area contributed by atoms with E-state index in [-0.39, 0.29) is 6.04 Å². The summed E-state index contributed by atoms with van der Waals surface area (Å²) in [5.74, 6) is 0.316. The number of benzene rings is 1. The molecule has 2 atom stereocenters. The van der Waals surface area contributed by atoms with Gasteiger partial charge in [0, 0.05) is 25.6 Å². The molecular formula is C15H25N3O2S. The normalized spacial score (nSPS) is 21.7. The summed E-state index contributed by atoms with van der Waals surface area (Å²) in [4.78, 5) is 0. The van der Waals surface area contributed by atoms with Crippen molar-refractivity contribution in [2.75, 3.05) is 26.7 Å². The van der Waals surface area contributed by atoms with Crippen molar-refractivity contribution in [2.45, 2.75) is 31.7 Å². The van der Waals surface area contributed by atoms with Gasteiger partial charge in [0.15, 0.2) is 0 Å². The highest BCUT2D eigenvalue weighted by molar-refractivity contribution is 7.87. The van der Waals surface area contributed by atoms with Crippen molar-refractivity contribution in [3.05, 3.63) is 35.9 Å². The van der Waals surface area contributed by atoms with Crippen molar-refractivity contribution in [2.24, 2.45) is 0 Å². The molecule has 1 aromatic rings. The number of nitrogens with zero attached hydrogens (tertiary/aromatic N) is 1. The van der Waals surface area contributed by atoms with Crippen molar-refractivity contribution < 1.29 is 8.42 Å². The molecule has 5 nitrogen and oxygen atoms in total. The van der Waals surface area contributed by atoms with Gasteiger partial charge in [-0.25, -0.2) is 0 Å². The monoisotopic (exact) mass is 311 g/mol. The summed E-state index contributed by atoms with van der Waals surface area (Å²) in [5.41, 5.74) is 1.21. The van der Waals surface area contributed by atoms with Crippen LogP contribution in [0.25, 0.3) is 0 Å². The molecule has 118 valence electrons. The number of hydrogen-bond acceptors (Lipinski definition) is 3. The predicted molar refractivity (Wildman–Crippen MR) is 85.4 cm³/mol. The van der Waals surface area contributed by atoms with Gasteiger partial charge < -0.3 is 5.32 Å². The van der Waals surface area contributed by atoms with Gasteiger partial charge in [0.1, 0.15) is 0 Å². The van der Waals surface area contributed by atoms with Crippen LogP contribution in [-0.2, 0) is 10.2 Å². The molecule has 0 amide bonds. The Morgan fingerprint density at radius 1 is 1.29 bits per heavy atom. The second-order valence-electron chi connectivity index (χ2n) is 5.51. The highest BCUT2D eigenvalue weighted by Crippen LogP contribution is 2.41. The Hall–Kier alpha value is -0.950. The van der Waals surface area contributed by atoms with E-state index in [4.69, 9.17) is 0 Å². The van der Waals surface area contributed by atoms with Crippen LogP contribution >= 0.6 is 0 Å². The fraction of sp³-hybridized carbons (Fsp3) is 0.600. The zero-order chi connectivity index (χ0) is 15.3. The second-order valence-corrected chi connectivity index (χ2v) is 7.32. The Morgan fingerprint density at radius 3 is 2.67 bits per heavy atom. The standard InChI is InChI=1S/C15H25N3O2S/c1-3-16-10-7-11-18(2)21(19,20)17-15-12-14(15)13-8-5-4-6-9-13/h4-6,8-9,14-17H,3,7,10-12H2,1-2H3. The Balaban J connectivity index is 1.79. The van der Waals surface area contributed by atoms with E-state index in [1.54, 1.807) is 7.05 Å². The summed E-state index contributed by atoms with van der Waals surface area (Å²) in [6.07, 6.45) is 1.70. The van der Waals surface area contributed by atoms with E-state index in [0.29, 0.717) is 12.5 Å². The van der Waals surface area contributed by atoms with Crippen LogP contribution in [0.4, 0.5) is 0 Å². The minimum atomic E-state index is -3.37. The van der Waals surface area contributed by atoms with Crippen LogP contribution < -0.4 is 10.0 Å². The molecule has 1 fully saturated rings. The molecule has 0 saturated heterocycles. The first-order valence-electron chi connectivity index (χ1n) is 7.54. The molecule has 6 heteroatoms. The third kappa shape index (κ3) is 4.78. The van der Waals surface area contributed by atoms with Crippen molar-refractivity contribution in [3.8, 4) is 0 Å². The Labute approximate surface area is 127 Å². The lowest BCUT2D eigenvalue weighted by atomic mass is 10.1. The van der Waals surface area contributed by atoms with Gasteiger partial charge in [-0.3, -0.25) is 0 Å². The Kier molecular flexibility index (Phi) is 5.75. The average Bonchev–Trinajstić information content (AvgIpc) is 3.22. The van der Waals surface area contributed by atoms with Gasteiger partial charge in [0.05, 0.1) is 0 Å². The molecule has 0 spiro atoms. The lowest BCUT2D eigenvalue weighted by Crippen LogP contribution is -2.40. The molecule has 2 rings (SSSR count). The van der Waals surface area contributed by atoms with Crippen molar-refractivity contribution in [3.63, 3.8) is 0 Å². The zero-order valence-corrected chi connectivity index (χ0v) is 13.6.